The molecule has 2 aliphatic heterocycles. The van der Waals surface area contributed by atoms with Gasteiger partial charge in [0.1, 0.15) is 5.75 Å². The highest BCUT2D eigenvalue weighted by Crippen LogP contribution is 2.35. The molecule has 2 aromatic rings. The molecule has 0 aliphatic carbocycles. The van der Waals surface area contributed by atoms with Crippen LogP contribution in [0.5, 0.6) is 5.75 Å². The summed E-state index contributed by atoms with van der Waals surface area (Å²) in [5.41, 5.74) is 2.83. The maximum Gasteiger partial charge on any atom is 0.246 e. The number of carbonyl (C=O) groups is 1. The van der Waals surface area contributed by atoms with Crippen molar-refractivity contribution in [3.63, 3.8) is 0 Å². The molecule has 4 rings (SSSR count). The van der Waals surface area contributed by atoms with Gasteiger partial charge in [-0.3, -0.25) is 4.79 Å². The van der Waals surface area contributed by atoms with E-state index in [4.69, 9.17) is 4.74 Å². The second-order valence-electron chi connectivity index (χ2n) is 9.33. The zero-order chi connectivity index (χ0) is 22.4. The number of sulfone groups is 1. The van der Waals surface area contributed by atoms with E-state index in [2.05, 4.69) is 32.9 Å². The number of benzene rings is 2. The Morgan fingerprint density at radius 1 is 0.935 bits per heavy atom. The van der Waals surface area contributed by atoms with Crippen LogP contribution in [0.4, 0.5) is 11.4 Å². The average Bonchev–Trinajstić information content (AvgIpc) is 3.03. The maximum absolute atomic E-state index is 13.2. The summed E-state index contributed by atoms with van der Waals surface area (Å²) in [6.45, 7) is 9.09. The molecule has 31 heavy (non-hydrogen) atoms. The molecule has 2 heterocycles. The van der Waals surface area contributed by atoms with E-state index >= 15 is 0 Å². The van der Waals surface area contributed by atoms with Crippen molar-refractivity contribution in [2.75, 3.05) is 34.5 Å². The largest absolute Gasteiger partial charge is 0.494 e. The van der Waals surface area contributed by atoms with E-state index in [1.165, 1.54) is 5.56 Å². The number of amides is 1. The van der Waals surface area contributed by atoms with E-state index in [0.717, 1.165) is 11.4 Å². The Bertz CT molecular complexity index is 1060. The van der Waals surface area contributed by atoms with Crippen LogP contribution in [0.3, 0.4) is 0 Å². The van der Waals surface area contributed by atoms with Crippen molar-refractivity contribution in [2.24, 2.45) is 0 Å². The Labute approximate surface area is 184 Å². The first-order valence-electron chi connectivity index (χ1n) is 10.7. The zero-order valence-corrected chi connectivity index (χ0v) is 19.4. The lowest BCUT2D eigenvalue weighted by Crippen LogP contribution is -2.62. The summed E-state index contributed by atoms with van der Waals surface area (Å²) < 4.78 is 30.7. The first kappa shape index (κ1) is 21.7. The molecule has 0 radical (unpaired) electrons. The minimum atomic E-state index is -3.24. The van der Waals surface area contributed by atoms with Crippen molar-refractivity contribution in [2.45, 2.75) is 45.2 Å². The summed E-state index contributed by atoms with van der Waals surface area (Å²) in [7, 11) is -3.24. The van der Waals surface area contributed by atoms with Crippen LogP contribution in [0.25, 0.3) is 0 Å². The Kier molecular flexibility index (Phi) is 5.50. The molecule has 6 nitrogen and oxygen atoms in total. The van der Waals surface area contributed by atoms with Gasteiger partial charge in [-0.25, -0.2) is 8.42 Å². The van der Waals surface area contributed by atoms with Crippen molar-refractivity contribution >= 4 is 27.1 Å². The van der Waals surface area contributed by atoms with E-state index in [9.17, 15) is 13.2 Å². The summed E-state index contributed by atoms with van der Waals surface area (Å²) in [4.78, 5) is 16.9. The lowest BCUT2D eigenvalue weighted by atomic mass is 9.87. The number of hydrogen-bond acceptors (Lipinski definition) is 5. The second-order valence-corrected chi connectivity index (χ2v) is 11.5. The molecule has 2 saturated heterocycles. The van der Waals surface area contributed by atoms with Crippen molar-refractivity contribution in [3.8, 4) is 5.75 Å². The molecule has 2 fully saturated rings. The SMILES string of the molecule is CCOc1ccc(N2C(=O)CN(c3ccc(C(C)(C)C)cc3)[C@@H]3CS(=O)(=O)C[C@@H]32)cc1. The topological polar surface area (TPSA) is 66.9 Å². The van der Waals surface area contributed by atoms with Crippen LogP contribution in [0, 0.1) is 0 Å². The molecule has 0 aromatic heterocycles. The summed E-state index contributed by atoms with van der Waals surface area (Å²) in [6.07, 6.45) is 0. The monoisotopic (exact) mass is 442 g/mol. The number of piperazine rings is 1. The van der Waals surface area contributed by atoms with Crippen molar-refractivity contribution in [3.05, 3.63) is 54.1 Å². The lowest BCUT2D eigenvalue weighted by molar-refractivity contribution is -0.118. The molecule has 0 bridgehead atoms. The summed E-state index contributed by atoms with van der Waals surface area (Å²) in [5.74, 6) is 0.668. The van der Waals surface area contributed by atoms with Gasteiger partial charge in [0.2, 0.25) is 5.91 Å². The van der Waals surface area contributed by atoms with Crippen LogP contribution < -0.4 is 14.5 Å². The third-order valence-electron chi connectivity index (χ3n) is 6.09. The molecular formula is C24H30N2O4S. The molecule has 0 unspecified atom stereocenters. The van der Waals surface area contributed by atoms with Crippen LogP contribution in [0.2, 0.25) is 0 Å². The Morgan fingerprint density at radius 2 is 1.52 bits per heavy atom. The number of ether oxygens (including phenoxy) is 1. The van der Waals surface area contributed by atoms with E-state index < -0.39 is 15.9 Å². The van der Waals surface area contributed by atoms with Gasteiger partial charge in [0.25, 0.3) is 0 Å². The van der Waals surface area contributed by atoms with E-state index in [1.807, 2.05) is 48.2 Å². The number of rotatable bonds is 4. The van der Waals surface area contributed by atoms with Crippen LogP contribution in [-0.4, -0.2) is 51.1 Å². The smallest absolute Gasteiger partial charge is 0.246 e. The van der Waals surface area contributed by atoms with Gasteiger partial charge in [0.05, 0.1) is 36.7 Å². The molecule has 2 aliphatic rings. The average molecular weight is 443 g/mol. The minimum absolute atomic E-state index is 0.0206. The van der Waals surface area contributed by atoms with E-state index in [1.54, 1.807) is 4.90 Å². The fourth-order valence-corrected chi connectivity index (χ4v) is 6.47. The first-order valence-corrected chi connectivity index (χ1v) is 12.5. The predicted octanol–water partition coefficient (Wildman–Crippen LogP) is 3.40. The van der Waals surface area contributed by atoms with Gasteiger partial charge in [-0.1, -0.05) is 32.9 Å². The minimum Gasteiger partial charge on any atom is -0.494 e. The number of fused-ring (bicyclic) bond motifs is 1. The summed E-state index contributed by atoms with van der Waals surface area (Å²) in [6, 6.07) is 14.8. The van der Waals surface area contributed by atoms with E-state index in [-0.39, 0.29) is 35.4 Å². The molecule has 2 atom stereocenters. The molecule has 0 saturated carbocycles. The van der Waals surface area contributed by atoms with Gasteiger partial charge >= 0.3 is 0 Å². The lowest BCUT2D eigenvalue weighted by Gasteiger charge is -2.44. The van der Waals surface area contributed by atoms with Crippen molar-refractivity contribution in [1.82, 2.24) is 0 Å². The Morgan fingerprint density at radius 3 is 2.10 bits per heavy atom. The normalized spacial score (nSPS) is 23.0. The van der Waals surface area contributed by atoms with Crippen LogP contribution in [0.15, 0.2) is 48.5 Å². The molecule has 2 aromatic carbocycles. The van der Waals surface area contributed by atoms with Gasteiger partial charge < -0.3 is 14.5 Å². The van der Waals surface area contributed by atoms with Crippen LogP contribution in [-0.2, 0) is 20.0 Å². The molecule has 166 valence electrons. The molecular weight excluding hydrogens is 412 g/mol. The van der Waals surface area contributed by atoms with Crippen molar-refractivity contribution in [1.29, 1.82) is 0 Å². The first-order chi connectivity index (χ1) is 14.6. The maximum atomic E-state index is 13.2. The molecule has 7 heteroatoms. The highest BCUT2D eigenvalue weighted by Gasteiger charge is 2.50. The highest BCUT2D eigenvalue weighted by atomic mass is 32.2. The zero-order valence-electron chi connectivity index (χ0n) is 18.5. The highest BCUT2D eigenvalue weighted by molar-refractivity contribution is 7.91. The number of nitrogens with zero attached hydrogens (tertiary/aromatic N) is 2. The van der Waals surface area contributed by atoms with Gasteiger partial charge in [-0.05, 0) is 54.3 Å². The van der Waals surface area contributed by atoms with Gasteiger partial charge in [-0.2, -0.15) is 0 Å². The summed E-state index contributed by atoms with van der Waals surface area (Å²) >= 11 is 0. The Hall–Kier alpha value is -2.54. The number of carbonyl (C=O) groups excluding carboxylic acids is 1. The third kappa shape index (κ3) is 4.28. The fraction of sp³-hybridized carbons (Fsp3) is 0.458. The second kappa shape index (κ2) is 7.86. The molecule has 0 N–H and O–H groups in total. The number of hydrogen-bond donors (Lipinski definition) is 0. The van der Waals surface area contributed by atoms with Crippen LogP contribution >= 0.6 is 0 Å². The number of anilines is 2. The third-order valence-corrected chi connectivity index (χ3v) is 7.79. The van der Waals surface area contributed by atoms with Crippen molar-refractivity contribution < 1.29 is 17.9 Å². The summed E-state index contributed by atoms with van der Waals surface area (Å²) in [5, 5.41) is 0. The van der Waals surface area contributed by atoms with Gasteiger partial charge in [0.15, 0.2) is 9.84 Å². The predicted molar refractivity (Wildman–Crippen MR) is 124 cm³/mol. The van der Waals surface area contributed by atoms with E-state index in [0.29, 0.717) is 12.3 Å². The van der Waals surface area contributed by atoms with Crippen LogP contribution in [0.1, 0.15) is 33.3 Å². The quantitative estimate of drug-likeness (QED) is 0.726. The van der Waals surface area contributed by atoms with Gasteiger partial charge in [0, 0.05) is 11.4 Å². The Balaban J connectivity index is 1.66. The van der Waals surface area contributed by atoms with Gasteiger partial charge in [-0.15, -0.1) is 0 Å². The molecule has 0 spiro atoms. The standard InChI is InChI=1S/C24H30N2O4S/c1-5-30-20-12-10-19(11-13-20)26-22-16-31(28,29)15-21(22)25(14-23(26)27)18-8-6-17(7-9-18)24(2,3)4/h6-13,21-22H,5,14-16H2,1-4H3/t21-,22+/m1/s1. The fourth-order valence-electron chi connectivity index (χ4n) is 4.52. The molecule has 1 amide bonds.